The van der Waals surface area contributed by atoms with Crippen molar-refractivity contribution in [2.45, 2.75) is 18.1 Å². The summed E-state index contributed by atoms with van der Waals surface area (Å²) in [5.74, 6) is 0.887. The molecule has 7 nitrogen and oxygen atoms in total. The van der Waals surface area contributed by atoms with Crippen LogP contribution < -0.4 is 0 Å². The zero-order chi connectivity index (χ0) is 15.1. The number of carbonyl (C=O) groups excluding carboxylic acids is 1. The van der Waals surface area contributed by atoms with E-state index in [2.05, 4.69) is 16.3 Å². The predicted octanol–water partition coefficient (Wildman–Crippen LogP) is 1.44. The van der Waals surface area contributed by atoms with Crippen LogP contribution in [0.2, 0.25) is 0 Å². The van der Waals surface area contributed by atoms with E-state index in [9.17, 15) is 4.79 Å². The second-order valence-electron chi connectivity index (χ2n) is 4.32. The Balaban J connectivity index is 1.93. The van der Waals surface area contributed by atoms with Crippen molar-refractivity contribution < 1.29 is 9.21 Å². The zero-order valence-corrected chi connectivity index (χ0v) is 12.4. The molecule has 8 heteroatoms. The van der Waals surface area contributed by atoms with E-state index >= 15 is 0 Å². The van der Waals surface area contributed by atoms with Crippen molar-refractivity contribution >= 4 is 17.7 Å². The average Bonchev–Trinajstić information content (AvgIpc) is 3.12. The first-order valence-corrected chi connectivity index (χ1v) is 7.33. The van der Waals surface area contributed by atoms with E-state index in [1.807, 2.05) is 13.1 Å². The molecule has 0 aliphatic heterocycles. The number of thioether (sulfide) groups is 1. The normalized spacial score (nSPS) is 10.3. The lowest BCUT2D eigenvalue weighted by Gasteiger charge is -2.20. The Kier molecular flexibility index (Phi) is 5.40. The Morgan fingerprint density at radius 2 is 2.48 bits per heavy atom. The SMILES string of the molecule is Cn1cnnc1SCC(=O)N(CCC#N)Cc1ccco1. The van der Waals surface area contributed by atoms with Crippen LogP contribution in [-0.4, -0.2) is 37.9 Å². The fourth-order valence-corrected chi connectivity index (χ4v) is 2.48. The number of nitrogens with zero attached hydrogens (tertiary/aromatic N) is 5. The lowest BCUT2D eigenvalue weighted by Crippen LogP contribution is -2.32. The third kappa shape index (κ3) is 4.36. The molecule has 0 aromatic carbocycles. The van der Waals surface area contributed by atoms with Crippen LogP contribution in [0.5, 0.6) is 0 Å². The van der Waals surface area contributed by atoms with Crippen LogP contribution in [0.3, 0.4) is 0 Å². The quantitative estimate of drug-likeness (QED) is 0.719. The number of hydrogen-bond donors (Lipinski definition) is 0. The molecule has 2 aromatic rings. The van der Waals surface area contributed by atoms with E-state index < -0.39 is 0 Å². The minimum absolute atomic E-state index is 0.0605. The molecule has 1 amide bonds. The van der Waals surface area contributed by atoms with Crippen molar-refractivity contribution in [2.24, 2.45) is 7.05 Å². The lowest BCUT2D eigenvalue weighted by atomic mass is 10.3. The predicted molar refractivity (Wildman–Crippen MR) is 76.1 cm³/mol. The fourth-order valence-electron chi connectivity index (χ4n) is 1.69. The van der Waals surface area contributed by atoms with Gasteiger partial charge in [-0.05, 0) is 12.1 Å². The minimum atomic E-state index is -0.0605. The maximum atomic E-state index is 12.3. The average molecular weight is 305 g/mol. The number of nitriles is 1. The van der Waals surface area contributed by atoms with Crippen molar-refractivity contribution in [1.82, 2.24) is 19.7 Å². The van der Waals surface area contributed by atoms with Crippen molar-refractivity contribution in [3.05, 3.63) is 30.5 Å². The van der Waals surface area contributed by atoms with Crippen LogP contribution in [0.25, 0.3) is 0 Å². The molecule has 110 valence electrons. The van der Waals surface area contributed by atoms with Crippen molar-refractivity contribution in [3.8, 4) is 6.07 Å². The van der Waals surface area contributed by atoms with Crippen LogP contribution in [-0.2, 0) is 18.4 Å². The van der Waals surface area contributed by atoms with Crippen molar-refractivity contribution in [2.75, 3.05) is 12.3 Å². The molecular formula is C13H15N5O2S. The Morgan fingerprint density at radius 1 is 1.62 bits per heavy atom. The van der Waals surface area contributed by atoms with E-state index in [0.29, 0.717) is 30.4 Å². The summed E-state index contributed by atoms with van der Waals surface area (Å²) >= 11 is 1.32. The monoisotopic (exact) mass is 305 g/mol. The number of hydrogen-bond acceptors (Lipinski definition) is 6. The van der Waals surface area contributed by atoms with Crippen LogP contribution in [0.1, 0.15) is 12.2 Å². The lowest BCUT2D eigenvalue weighted by molar-refractivity contribution is -0.129. The largest absolute Gasteiger partial charge is 0.467 e. The van der Waals surface area contributed by atoms with Crippen molar-refractivity contribution in [1.29, 1.82) is 5.26 Å². The molecule has 0 bridgehead atoms. The third-order valence-electron chi connectivity index (χ3n) is 2.77. The van der Waals surface area contributed by atoms with E-state index in [0.717, 1.165) is 0 Å². The summed E-state index contributed by atoms with van der Waals surface area (Å²) in [5, 5.41) is 17.1. The van der Waals surface area contributed by atoms with Gasteiger partial charge in [0.15, 0.2) is 5.16 Å². The Bertz CT molecular complexity index is 617. The number of amides is 1. The molecule has 0 atom stereocenters. The number of aryl methyl sites for hydroxylation is 1. The first-order chi connectivity index (χ1) is 10.2. The molecule has 0 unspecified atom stereocenters. The van der Waals surface area contributed by atoms with E-state index in [1.54, 1.807) is 28.1 Å². The highest BCUT2D eigenvalue weighted by molar-refractivity contribution is 7.99. The molecule has 0 spiro atoms. The van der Waals surface area contributed by atoms with Gasteiger partial charge in [-0.1, -0.05) is 11.8 Å². The molecule has 2 rings (SSSR count). The highest BCUT2D eigenvalue weighted by Crippen LogP contribution is 2.15. The van der Waals surface area contributed by atoms with Gasteiger partial charge in [-0.25, -0.2) is 0 Å². The maximum absolute atomic E-state index is 12.3. The minimum Gasteiger partial charge on any atom is -0.467 e. The van der Waals surface area contributed by atoms with E-state index in [4.69, 9.17) is 9.68 Å². The van der Waals surface area contributed by atoms with Gasteiger partial charge >= 0.3 is 0 Å². The van der Waals surface area contributed by atoms with Crippen LogP contribution in [0, 0.1) is 11.3 Å². The summed E-state index contributed by atoms with van der Waals surface area (Å²) in [6, 6.07) is 5.64. The summed E-state index contributed by atoms with van der Waals surface area (Å²) < 4.78 is 7.01. The molecule has 2 aromatic heterocycles. The number of carbonyl (C=O) groups is 1. The number of furan rings is 1. The van der Waals surface area contributed by atoms with Gasteiger partial charge in [0.25, 0.3) is 0 Å². The van der Waals surface area contributed by atoms with E-state index in [1.165, 1.54) is 11.8 Å². The first-order valence-electron chi connectivity index (χ1n) is 6.34. The van der Waals surface area contributed by atoms with Gasteiger partial charge in [-0.3, -0.25) is 4.79 Å². The fraction of sp³-hybridized carbons (Fsp3) is 0.385. The smallest absolute Gasteiger partial charge is 0.233 e. The summed E-state index contributed by atoms with van der Waals surface area (Å²) in [6.07, 6.45) is 3.45. The van der Waals surface area contributed by atoms with Gasteiger partial charge in [0.2, 0.25) is 5.91 Å². The number of aromatic nitrogens is 3. The molecular weight excluding hydrogens is 290 g/mol. The summed E-state index contributed by atoms with van der Waals surface area (Å²) in [6.45, 7) is 0.752. The Hall–Kier alpha value is -2.27. The van der Waals surface area contributed by atoms with Gasteiger partial charge in [0, 0.05) is 13.6 Å². The van der Waals surface area contributed by atoms with Gasteiger partial charge < -0.3 is 13.9 Å². The molecule has 0 aliphatic rings. The van der Waals surface area contributed by atoms with Gasteiger partial charge in [-0.15, -0.1) is 10.2 Å². The summed E-state index contributed by atoms with van der Waals surface area (Å²) in [5.41, 5.74) is 0. The molecule has 21 heavy (non-hydrogen) atoms. The molecule has 0 aliphatic carbocycles. The standard InChI is InChI=1S/C13H15N5O2S/c1-17-10-15-16-13(17)21-9-12(19)18(6-3-5-14)8-11-4-2-7-20-11/h2,4,7,10H,3,6,8-9H2,1H3. The van der Waals surface area contributed by atoms with Gasteiger partial charge in [0.05, 0.1) is 31.1 Å². The van der Waals surface area contributed by atoms with Crippen LogP contribution in [0.4, 0.5) is 0 Å². The number of rotatable bonds is 7. The Morgan fingerprint density at radius 3 is 3.10 bits per heavy atom. The Labute approximate surface area is 126 Å². The van der Waals surface area contributed by atoms with Gasteiger partial charge in [0.1, 0.15) is 12.1 Å². The molecule has 0 radical (unpaired) electrons. The second kappa shape index (κ2) is 7.50. The molecule has 2 heterocycles. The maximum Gasteiger partial charge on any atom is 0.233 e. The second-order valence-corrected chi connectivity index (χ2v) is 5.26. The zero-order valence-electron chi connectivity index (χ0n) is 11.6. The van der Waals surface area contributed by atoms with E-state index in [-0.39, 0.29) is 11.7 Å². The van der Waals surface area contributed by atoms with Crippen molar-refractivity contribution in [3.63, 3.8) is 0 Å². The highest BCUT2D eigenvalue weighted by atomic mass is 32.2. The molecule has 0 saturated carbocycles. The van der Waals surface area contributed by atoms with Gasteiger partial charge in [-0.2, -0.15) is 5.26 Å². The molecule has 0 fully saturated rings. The highest BCUT2D eigenvalue weighted by Gasteiger charge is 2.16. The summed E-state index contributed by atoms with van der Waals surface area (Å²) in [7, 11) is 1.82. The third-order valence-corrected chi connectivity index (χ3v) is 3.79. The van der Waals surface area contributed by atoms with Crippen LogP contribution in [0.15, 0.2) is 34.3 Å². The summed E-state index contributed by atoms with van der Waals surface area (Å²) in [4.78, 5) is 13.9. The topological polar surface area (TPSA) is 88.0 Å². The first kappa shape index (κ1) is 15.1. The molecule has 0 N–H and O–H groups in total. The molecule has 0 saturated heterocycles. The van der Waals surface area contributed by atoms with Crippen LogP contribution >= 0.6 is 11.8 Å².